The number of nitrogens with one attached hydrogen (secondary N) is 1. The third-order valence-electron chi connectivity index (χ3n) is 4.67. The second-order valence-electron chi connectivity index (χ2n) is 6.37. The lowest BCUT2D eigenvalue weighted by Crippen LogP contribution is -2.52. The van der Waals surface area contributed by atoms with E-state index in [1.165, 1.54) is 5.56 Å². The average Bonchev–Trinajstić information content (AvgIpc) is 2.70. The minimum Gasteiger partial charge on any atom is -0.496 e. The molecule has 1 aromatic heterocycles. The summed E-state index contributed by atoms with van der Waals surface area (Å²) in [5.74, 6) is 2.91. The van der Waals surface area contributed by atoms with Gasteiger partial charge in [0, 0.05) is 46.0 Å². The molecule has 0 spiro atoms. The van der Waals surface area contributed by atoms with E-state index in [1.54, 1.807) is 7.11 Å². The largest absolute Gasteiger partial charge is 0.496 e. The van der Waals surface area contributed by atoms with Crippen molar-refractivity contribution in [2.45, 2.75) is 13.5 Å². The first-order valence-corrected chi connectivity index (χ1v) is 8.96. The molecule has 0 bridgehead atoms. The Labute approximate surface area is 155 Å². The second-order valence-corrected chi connectivity index (χ2v) is 6.37. The Balaban J connectivity index is 1.54. The summed E-state index contributed by atoms with van der Waals surface area (Å²) < 4.78 is 5.33. The monoisotopic (exact) mass is 353 g/mol. The summed E-state index contributed by atoms with van der Waals surface area (Å²) in [6.45, 7) is 6.56. The van der Waals surface area contributed by atoms with E-state index in [0.29, 0.717) is 0 Å². The van der Waals surface area contributed by atoms with Gasteiger partial charge < -0.3 is 19.9 Å². The number of methoxy groups -OCH3 is 1. The molecular weight excluding hydrogens is 326 g/mol. The molecule has 0 radical (unpaired) electrons. The zero-order valence-corrected chi connectivity index (χ0v) is 15.8. The highest BCUT2D eigenvalue weighted by Crippen LogP contribution is 2.18. The van der Waals surface area contributed by atoms with E-state index in [4.69, 9.17) is 4.74 Å². The van der Waals surface area contributed by atoms with Crippen LogP contribution in [0.15, 0.2) is 47.6 Å². The first-order valence-electron chi connectivity index (χ1n) is 8.96. The lowest BCUT2D eigenvalue weighted by atomic mass is 10.1. The average molecular weight is 353 g/mol. The number of nitrogens with zero attached hydrogens (tertiary/aromatic N) is 4. The van der Waals surface area contributed by atoms with Crippen LogP contribution in [-0.2, 0) is 6.54 Å². The van der Waals surface area contributed by atoms with Gasteiger partial charge in [-0.2, -0.15) is 0 Å². The molecule has 138 valence electrons. The van der Waals surface area contributed by atoms with Crippen LogP contribution in [0.3, 0.4) is 0 Å². The molecule has 6 heteroatoms. The van der Waals surface area contributed by atoms with Crippen LogP contribution >= 0.6 is 0 Å². The molecule has 0 amide bonds. The fraction of sp³-hybridized carbons (Fsp3) is 0.400. The van der Waals surface area contributed by atoms with Gasteiger partial charge in [-0.3, -0.25) is 4.99 Å². The van der Waals surface area contributed by atoms with E-state index >= 15 is 0 Å². The van der Waals surface area contributed by atoms with Gasteiger partial charge >= 0.3 is 0 Å². The van der Waals surface area contributed by atoms with Crippen LogP contribution in [0, 0.1) is 6.92 Å². The van der Waals surface area contributed by atoms with E-state index in [0.717, 1.165) is 55.8 Å². The van der Waals surface area contributed by atoms with Crippen molar-refractivity contribution in [3.63, 3.8) is 0 Å². The van der Waals surface area contributed by atoms with E-state index < -0.39 is 0 Å². The summed E-state index contributed by atoms with van der Waals surface area (Å²) in [6, 6.07) is 12.3. The normalized spacial score (nSPS) is 15.1. The van der Waals surface area contributed by atoms with Crippen LogP contribution < -0.4 is 15.0 Å². The quantitative estimate of drug-likeness (QED) is 0.675. The second kappa shape index (κ2) is 8.56. The summed E-state index contributed by atoms with van der Waals surface area (Å²) >= 11 is 0. The van der Waals surface area contributed by atoms with E-state index in [2.05, 4.69) is 50.2 Å². The topological polar surface area (TPSA) is 53.0 Å². The molecule has 1 aromatic carbocycles. The number of ether oxygens (including phenoxy) is 1. The Morgan fingerprint density at radius 2 is 2.00 bits per heavy atom. The summed E-state index contributed by atoms with van der Waals surface area (Å²) in [5, 5.41) is 3.48. The molecule has 2 aromatic rings. The molecule has 1 aliphatic rings. The summed E-state index contributed by atoms with van der Waals surface area (Å²) in [6.07, 6.45) is 1.85. The molecular formula is C20H27N5O. The van der Waals surface area contributed by atoms with Gasteiger partial charge in [-0.25, -0.2) is 4.98 Å². The molecule has 0 aliphatic carbocycles. The van der Waals surface area contributed by atoms with Gasteiger partial charge in [0.25, 0.3) is 0 Å². The van der Waals surface area contributed by atoms with Gasteiger partial charge in [-0.05, 0) is 36.2 Å². The van der Waals surface area contributed by atoms with Crippen LogP contribution in [0.1, 0.15) is 11.1 Å². The maximum atomic E-state index is 5.33. The highest BCUT2D eigenvalue weighted by atomic mass is 16.5. The number of guanidine groups is 1. The van der Waals surface area contributed by atoms with E-state index in [9.17, 15) is 0 Å². The summed E-state index contributed by atoms with van der Waals surface area (Å²) in [4.78, 5) is 13.5. The Morgan fingerprint density at radius 1 is 1.19 bits per heavy atom. The zero-order valence-electron chi connectivity index (χ0n) is 15.8. The number of pyridine rings is 1. The van der Waals surface area contributed by atoms with E-state index in [-0.39, 0.29) is 0 Å². The number of aryl methyl sites for hydroxylation is 1. The Bertz CT molecular complexity index is 739. The number of aliphatic imine (C=N–C) groups is 1. The van der Waals surface area contributed by atoms with Crippen molar-refractivity contribution < 1.29 is 4.74 Å². The van der Waals surface area contributed by atoms with Gasteiger partial charge in [-0.15, -0.1) is 0 Å². The molecule has 1 fully saturated rings. The van der Waals surface area contributed by atoms with Crippen molar-refractivity contribution in [3.8, 4) is 5.75 Å². The fourth-order valence-electron chi connectivity index (χ4n) is 3.25. The Morgan fingerprint density at radius 3 is 2.62 bits per heavy atom. The number of hydrogen-bond acceptors (Lipinski definition) is 4. The first-order chi connectivity index (χ1) is 12.7. The van der Waals surface area contributed by atoms with Crippen LogP contribution in [0.4, 0.5) is 5.82 Å². The summed E-state index contributed by atoms with van der Waals surface area (Å²) in [5.41, 5.74) is 2.36. The molecule has 0 atom stereocenters. The lowest BCUT2D eigenvalue weighted by Gasteiger charge is -2.37. The number of aromatic nitrogens is 1. The number of anilines is 1. The van der Waals surface area contributed by atoms with Gasteiger partial charge in [0.2, 0.25) is 0 Å². The highest BCUT2D eigenvalue weighted by molar-refractivity contribution is 5.80. The van der Waals surface area contributed by atoms with Crippen LogP contribution in [0.2, 0.25) is 0 Å². The maximum absolute atomic E-state index is 5.33. The molecule has 2 heterocycles. The number of hydrogen-bond donors (Lipinski definition) is 1. The standard InChI is InChI=1S/C20H27N5O/c1-16-14-17(7-8-18(16)26-3)15-23-20(21-2)25-12-10-24(11-13-25)19-6-4-5-9-22-19/h4-9,14H,10-13,15H2,1-3H3,(H,21,23). The van der Waals surface area contributed by atoms with Crippen molar-refractivity contribution in [1.82, 2.24) is 15.2 Å². The Hall–Kier alpha value is -2.76. The maximum Gasteiger partial charge on any atom is 0.194 e. The number of rotatable bonds is 4. The molecule has 6 nitrogen and oxygen atoms in total. The number of piperazine rings is 1. The number of benzene rings is 1. The molecule has 0 saturated carbocycles. The van der Waals surface area contributed by atoms with Gasteiger partial charge in [0.15, 0.2) is 5.96 Å². The van der Waals surface area contributed by atoms with Crippen molar-refractivity contribution in [1.29, 1.82) is 0 Å². The van der Waals surface area contributed by atoms with Crippen molar-refractivity contribution in [2.75, 3.05) is 45.2 Å². The molecule has 3 rings (SSSR count). The smallest absolute Gasteiger partial charge is 0.194 e. The summed E-state index contributed by atoms with van der Waals surface area (Å²) in [7, 11) is 3.54. The lowest BCUT2D eigenvalue weighted by molar-refractivity contribution is 0.371. The first kappa shape index (κ1) is 18.0. The van der Waals surface area contributed by atoms with Gasteiger partial charge in [0.1, 0.15) is 11.6 Å². The van der Waals surface area contributed by atoms with Crippen LogP contribution in [-0.4, -0.2) is 56.2 Å². The van der Waals surface area contributed by atoms with Crippen molar-refractivity contribution in [3.05, 3.63) is 53.7 Å². The van der Waals surface area contributed by atoms with Crippen molar-refractivity contribution >= 4 is 11.8 Å². The van der Waals surface area contributed by atoms with Crippen molar-refractivity contribution in [2.24, 2.45) is 4.99 Å². The third kappa shape index (κ3) is 4.25. The van der Waals surface area contributed by atoms with Crippen LogP contribution in [0.25, 0.3) is 0 Å². The van der Waals surface area contributed by atoms with Gasteiger partial charge in [0.05, 0.1) is 7.11 Å². The van der Waals surface area contributed by atoms with E-state index in [1.807, 2.05) is 31.4 Å². The minimum atomic E-state index is 0.748. The SMILES string of the molecule is CN=C(NCc1ccc(OC)c(C)c1)N1CCN(c2ccccn2)CC1. The minimum absolute atomic E-state index is 0.748. The predicted octanol–water partition coefficient (Wildman–Crippen LogP) is 2.30. The Kier molecular flexibility index (Phi) is 5.94. The molecule has 1 saturated heterocycles. The molecule has 0 unspecified atom stereocenters. The fourth-order valence-corrected chi connectivity index (χ4v) is 3.25. The molecule has 1 aliphatic heterocycles. The molecule has 26 heavy (non-hydrogen) atoms. The highest BCUT2D eigenvalue weighted by Gasteiger charge is 2.20. The van der Waals surface area contributed by atoms with Gasteiger partial charge in [-0.1, -0.05) is 18.2 Å². The molecule has 1 N–H and O–H groups in total. The predicted molar refractivity (Wildman–Crippen MR) is 106 cm³/mol. The van der Waals surface area contributed by atoms with Crippen LogP contribution in [0.5, 0.6) is 5.75 Å². The third-order valence-corrected chi connectivity index (χ3v) is 4.67. The zero-order chi connectivity index (χ0) is 18.4.